The summed E-state index contributed by atoms with van der Waals surface area (Å²) in [6, 6.07) is 0.925. The van der Waals surface area contributed by atoms with Crippen molar-refractivity contribution in [2.75, 3.05) is 0 Å². The summed E-state index contributed by atoms with van der Waals surface area (Å²) < 4.78 is 0. The summed E-state index contributed by atoms with van der Waals surface area (Å²) in [5.41, 5.74) is 0. The Morgan fingerprint density at radius 1 is 1.05 bits per heavy atom. The van der Waals surface area contributed by atoms with Crippen LogP contribution in [0.1, 0.15) is 78.1 Å². The fourth-order valence-corrected chi connectivity index (χ4v) is 3.82. The van der Waals surface area contributed by atoms with Crippen LogP contribution in [0.15, 0.2) is 0 Å². The van der Waals surface area contributed by atoms with Crippen LogP contribution in [-0.4, -0.2) is 24.0 Å². The van der Waals surface area contributed by atoms with Crippen LogP contribution in [0.3, 0.4) is 0 Å². The lowest BCUT2D eigenvalue weighted by Gasteiger charge is -2.32. The van der Waals surface area contributed by atoms with Crippen LogP contribution in [0.5, 0.6) is 0 Å². The topological polar surface area (TPSA) is 41.1 Å². The quantitative estimate of drug-likeness (QED) is 0.810. The molecule has 3 heteroatoms. The molecule has 2 rings (SSSR count). The fraction of sp³-hybridized carbons (Fsp3) is 0.941. The van der Waals surface area contributed by atoms with Gasteiger partial charge in [-0.15, -0.1) is 0 Å². The first kappa shape index (κ1) is 15.8. The number of hydrogen-bond donors (Lipinski definition) is 2. The molecule has 0 bridgehead atoms. The Balaban J connectivity index is 1.72. The molecule has 0 aromatic heterocycles. The smallest absolute Gasteiger partial charge is 0.237 e. The van der Waals surface area contributed by atoms with Crippen LogP contribution in [-0.2, 0) is 4.79 Å². The van der Waals surface area contributed by atoms with Crippen molar-refractivity contribution in [1.82, 2.24) is 10.6 Å². The van der Waals surface area contributed by atoms with Gasteiger partial charge in [0.05, 0.1) is 6.04 Å². The van der Waals surface area contributed by atoms with E-state index in [0.717, 1.165) is 5.92 Å². The molecule has 0 aromatic rings. The number of carbonyl (C=O) groups is 1. The molecule has 2 saturated carbocycles. The lowest BCUT2D eigenvalue weighted by atomic mass is 9.84. The third-order valence-electron chi connectivity index (χ3n) is 5.19. The van der Waals surface area contributed by atoms with E-state index in [4.69, 9.17) is 0 Å². The largest absolute Gasteiger partial charge is 0.352 e. The van der Waals surface area contributed by atoms with E-state index in [9.17, 15) is 4.79 Å². The van der Waals surface area contributed by atoms with Gasteiger partial charge in [0.25, 0.3) is 0 Å². The van der Waals surface area contributed by atoms with Crippen molar-refractivity contribution in [3.8, 4) is 0 Å². The summed E-state index contributed by atoms with van der Waals surface area (Å²) in [5.74, 6) is 1.06. The van der Waals surface area contributed by atoms with Gasteiger partial charge in [-0.3, -0.25) is 4.79 Å². The second-order valence-corrected chi connectivity index (χ2v) is 6.87. The maximum atomic E-state index is 12.3. The third-order valence-corrected chi connectivity index (χ3v) is 5.19. The molecular formula is C17H32N2O. The Hall–Kier alpha value is -0.570. The van der Waals surface area contributed by atoms with Crippen molar-refractivity contribution in [3.63, 3.8) is 0 Å². The molecule has 0 spiro atoms. The van der Waals surface area contributed by atoms with Crippen molar-refractivity contribution in [2.45, 2.75) is 96.2 Å². The normalized spacial score (nSPS) is 29.9. The van der Waals surface area contributed by atoms with Gasteiger partial charge in [0, 0.05) is 12.1 Å². The van der Waals surface area contributed by atoms with E-state index in [1.807, 2.05) is 6.92 Å². The average molecular weight is 280 g/mol. The molecule has 2 fully saturated rings. The van der Waals surface area contributed by atoms with Gasteiger partial charge in [-0.1, -0.05) is 45.4 Å². The molecule has 3 atom stereocenters. The Kier molecular flexibility index (Phi) is 6.34. The van der Waals surface area contributed by atoms with E-state index >= 15 is 0 Å². The molecule has 3 nitrogen and oxygen atoms in total. The van der Waals surface area contributed by atoms with E-state index in [0.29, 0.717) is 12.1 Å². The minimum Gasteiger partial charge on any atom is -0.352 e. The van der Waals surface area contributed by atoms with Crippen molar-refractivity contribution in [1.29, 1.82) is 0 Å². The lowest BCUT2D eigenvalue weighted by Crippen LogP contribution is -2.50. The molecule has 116 valence electrons. The molecule has 0 heterocycles. The van der Waals surface area contributed by atoms with Crippen molar-refractivity contribution in [3.05, 3.63) is 0 Å². The number of rotatable bonds is 5. The highest BCUT2D eigenvalue weighted by molar-refractivity contribution is 5.81. The van der Waals surface area contributed by atoms with Gasteiger partial charge < -0.3 is 10.6 Å². The number of hydrogen-bond acceptors (Lipinski definition) is 2. The number of nitrogens with one attached hydrogen (secondary N) is 2. The Labute approximate surface area is 124 Å². The Bertz CT molecular complexity index is 299. The second kappa shape index (κ2) is 8.02. The van der Waals surface area contributed by atoms with E-state index in [1.54, 1.807) is 0 Å². The van der Waals surface area contributed by atoms with E-state index in [2.05, 4.69) is 17.6 Å². The monoisotopic (exact) mass is 280 g/mol. The van der Waals surface area contributed by atoms with Crippen LogP contribution < -0.4 is 10.6 Å². The minimum absolute atomic E-state index is 0.0440. The van der Waals surface area contributed by atoms with Crippen LogP contribution in [0, 0.1) is 5.92 Å². The summed E-state index contributed by atoms with van der Waals surface area (Å²) in [7, 11) is 0. The maximum Gasteiger partial charge on any atom is 0.237 e. The first-order valence-electron chi connectivity index (χ1n) is 8.75. The summed E-state index contributed by atoms with van der Waals surface area (Å²) in [6.45, 7) is 4.31. The summed E-state index contributed by atoms with van der Waals surface area (Å²) >= 11 is 0. The van der Waals surface area contributed by atoms with Gasteiger partial charge in [-0.25, -0.2) is 0 Å². The Morgan fingerprint density at radius 3 is 2.45 bits per heavy atom. The van der Waals surface area contributed by atoms with Crippen LogP contribution >= 0.6 is 0 Å². The first-order chi connectivity index (χ1) is 9.69. The van der Waals surface area contributed by atoms with Gasteiger partial charge in [-0.2, -0.15) is 0 Å². The molecule has 0 aromatic carbocycles. The van der Waals surface area contributed by atoms with Crippen molar-refractivity contribution < 1.29 is 4.79 Å². The number of carbonyl (C=O) groups excluding carboxylic acids is 1. The molecule has 1 amide bonds. The summed E-state index contributed by atoms with van der Waals surface area (Å²) in [6.07, 6.45) is 12.7. The zero-order valence-corrected chi connectivity index (χ0v) is 13.3. The van der Waals surface area contributed by atoms with Crippen LogP contribution in [0.2, 0.25) is 0 Å². The highest BCUT2D eigenvalue weighted by Crippen LogP contribution is 2.26. The van der Waals surface area contributed by atoms with E-state index < -0.39 is 0 Å². The maximum absolute atomic E-state index is 12.3. The molecule has 20 heavy (non-hydrogen) atoms. The standard InChI is InChI=1S/C17H32N2O/c1-3-14-8-7-11-16(12-14)18-13(2)17(20)19-15-9-5-4-6-10-15/h13-16,18H,3-12H2,1-2H3,(H,19,20). The molecule has 2 aliphatic rings. The Morgan fingerprint density at radius 2 is 1.75 bits per heavy atom. The van der Waals surface area contributed by atoms with Gasteiger partial charge in [-0.05, 0) is 38.5 Å². The first-order valence-corrected chi connectivity index (χ1v) is 8.75. The summed E-state index contributed by atoms with van der Waals surface area (Å²) in [5, 5.41) is 6.79. The molecule has 3 unspecified atom stereocenters. The SMILES string of the molecule is CCC1CCCC(NC(C)C(=O)NC2CCCCC2)C1. The van der Waals surface area contributed by atoms with E-state index in [1.165, 1.54) is 64.2 Å². The third kappa shape index (κ3) is 4.76. The molecule has 0 radical (unpaired) electrons. The minimum atomic E-state index is -0.0440. The summed E-state index contributed by atoms with van der Waals surface area (Å²) in [4.78, 5) is 12.3. The van der Waals surface area contributed by atoms with Gasteiger partial charge in [0.2, 0.25) is 5.91 Å². The zero-order valence-electron chi connectivity index (χ0n) is 13.3. The predicted molar refractivity (Wildman–Crippen MR) is 83.7 cm³/mol. The molecule has 0 saturated heterocycles. The number of amides is 1. The van der Waals surface area contributed by atoms with Gasteiger partial charge in [0.1, 0.15) is 0 Å². The van der Waals surface area contributed by atoms with Crippen LogP contribution in [0.4, 0.5) is 0 Å². The molecule has 2 N–H and O–H groups in total. The molecule has 2 aliphatic carbocycles. The zero-order chi connectivity index (χ0) is 14.4. The van der Waals surface area contributed by atoms with E-state index in [-0.39, 0.29) is 11.9 Å². The lowest BCUT2D eigenvalue weighted by molar-refractivity contribution is -0.124. The predicted octanol–water partition coefficient (Wildman–Crippen LogP) is 3.38. The highest BCUT2D eigenvalue weighted by Gasteiger charge is 2.25. The van der Waals surface area contributed by atoms with Crippen molar-refractivity contribution in [2.24, 2.45) is 5.92 Å². The second-order valence-electron chi connectivity index (χ2n) is 6.87. The molecular weight excluding hydrogens is 248 g/mol. The van der Waals surface area contributed by atoms with Crippen LogP contribution in [0.25, 0.3) is 0 Å². The van der Waals surface area contributed by atoms with Crippen molar-refractivity contribution >= 4 is 5.91 Å². The van der Waals surface area contributed by atoms with Gasteiger partial charge >= 0.3 is 0 Å². The van der Waals surface area contributed by atoms with Gasteiger partial charge in [0.15, 0.2) is 0 Å². The average Bonchev–Trinajstić information content (AvgIpc) is 2.48. The highest BCUT2D eigenvalue weighted by atomic mass is 16.2. The molecule has 0 aliphatic heterocycles. The fourth-order valence-electron chi connectivity index (χ4n) is 3.82.